The maximum atomic E-state index is 5.91. The van der Waals surface area contributed by atoms with E-state index in [1.165, 1.54) is 19.3 Å². The van der Waals surface area contributed by atoms with Gasteiger partial charge in [0.2, 0.25) is 0 Å². The van der Waals surface area contributed by atoms with Gasteiger partial charge in [0.05, 0.1) is 6.10 Å². The van der Waals surface area contributed by atoms with E-state index >= 15 is 0 Å². The van der Waals surface area contributed by atoms with Crippen LogP contribution in [0.2, 0.25) is 0 Å². The molecule has 0 saturated heterocycles. The summed E-state index contributed by atoms with van der Waals surface area (Å²) in [5.41, 5.74) is 3.31. The Bertz CT molecular complexity index is 660. The molecule has 2 atom stereocenters. The summed E-state index contributed by atoms with van der Waals surface area (Å²) in [6.07, 6.45) is 5.49. The topological polar surface area (TPSA) is 47.3 Å². The zero-order chi connectivity index (χ0) is 14.4. The van der Waals surface area contributed by atoms with Crippen LogP contribution in [0.3, 0.4) is 0 Å². The quantitative estimate of drug-likeness (QED) is 0.926. The number of hydrogen-bond acceptors (Lipinski definition) is 4. The number of benzene rings is 1. The van der Waals surface area contributed by atoms with Crippen molar-refractivity contribution >= 4 is 16.8 Å². The second-order valence-corrected chi connectivity index (χ2v) is 6.38. The Hall–Kier alpha value is -1.55. The fourth-order valence-electron chi connectivity index (χ4n) is 3.97. The van der Waals surface area contributed by atoms with Crippen LogP contribution in [0, 0.1) is 12.3 Å². The Morgan fingerprint density at radius 2 is 2.29 bits per heavy atom. The highest BCUT2D eigenvalue weighted by Crippen LogP contribution is 2.58. The summed E-state index contributed by atoms with van der Waals surface area (Å²) in [5, 5.41) is 3.70. The van der Waals surface area contributed by atoms with Gasteiger partial charge in [-0.2, -0.15) is 0 Å². The summed E-state index contributed by atoms with van der Waals surface area (Å²) in [6.45, 7) is 4.80. The number of fused-ring (bicyclic) bond motifs is 1. The van der Waals surface area contributed by atoms with Gasteiger partial charge in [0.1, 0.15) is 5.52 Å². The molecule has 0 bridgehead atoms. The van der Waals surface area contributed by atoms with Gasteiger partial charge < -0.3 is 14.5 Å². The lowest BCUT2D eigenvalue weighted by Crippen LogP contribution is -2.64. The molecule has 21 heavy (non-hydrogen) atoms. The van der Waals surface area contributed by atoms with E-state index < -0.39 is 0 Å². The molecule has 1 spiro atoms. The van der Waals surface area contributed by atoms with E-state index in [4.69, 9.17) is 9.15 Å². The lowest BCUT2D eigenvalue weighted by molar-refractivity contribution is -0.157. The zero-order valence-corrected chi connectivity index (χ0v) is 12.7. The van der Waals surface area contributed by atoms with Crippen molar-refractivity contribution < 1.29 is 9.15 Å². The molecule has 1 N–H and O–H groups in total. The van der Waals surface area contributed by atoms with Gasteiger partial charge in [-0.1, -0.05) is 6.42 Å². The van der Waals surface area contributed by atoms with Crippen LogP contribution in [0.25, 0.3) is 11.1 Å². The number of ether oxygens (including phenoxy) is 1. The monoisotopic (exact) mass is 286 g/mol. The Morgan fingerprint density at radius 1 is 1.43 bits per heavy atom. The van der Waals surface area contributed by atoms with E-state index in [1.54, 1.807) is 0 Å². The fraction of sp³-hybridized carbons (Fsp3) is 0.588. The Balaban J connectivity index is 1.52. The smallest absolute Gasteiger partial charge is 0.192 e. The van der Waals surface area contributed by atoms with Gasteiger partial charge in [0.15, 0.2) is 11.5 Å². The van der Waals surface area contributed by atoms with Gasteiger partial charge >= 0.3 is 0 Å². The molecule has 2 fully saturated rings. The highest BCUT2D eigenvalue weighted by Gasteiger charge is 2.58. The molecule has 0 radical (unpaired) electrons. The molecular formula is C17H22N2O2. The number of nitrogens with zero attached hydrogens (tertiary/aromatic N) is 1. The molecule has 2 aromatic rings. The molecule has 4 heteroatoms. The first-order chi connectivity index (χ1) is 10.2. The molecule has 112 valence electrons. The maximum absolute atomic E-state index is 5.91. The normalized spacial score (nSPS) is 26.6. The zero-order valence-electron chi connectivity index (χ0n) is 12.7. The molecule has 2 unspecified atom stereocenters. The first kappa shape index (κ1) is 13.1. The van der Waals surface area contributed by atoms with Crippen LogP contribution in [0.4, 0.5) is 5.69 Å². The van der Waals surface area contributed by atoms with Crippen molar-refractivity contribution in [1.82, 2.24) is 4.98 Å². The molecule has 1 heterocycles. The van der Waals surface area contributed by atoms with Gasteiger partial charge in [-0.25, -0.2) is 4.98 Å². The molecule has 1 aromatic carbocycles. The van der Waals surface area contributed by atoms with Gasteiger partial charge in [-0.3, -0.25) is 0 Å². The molecule has 4 rings (SSSR count). The van der Waals surface area contributed by atoms with Gasteiger partial charge in [-0.15, -0.1) is 0 Å². The Kier molecular flexibility index (Phi) is 2.96. The number of anilines is 1. The third-order valence-corrected chi connectivity index (χ3v) is 5.27. The Labute approximate surface area is 124 Å². The summed E-state index contributed by atoms with van der Waals surface area (Å²) in [7, 11) is 0. The predicted molar refractivity (Wildman–Crippen MR) is 82.5 cm³/mol. The van der Waals surface area contributed by atoms with Gasteiger partial charge in [0, 0.05) is 30.7 Å². The third-order valence-electron chi connectivity index (χ3n) is 5.27. The molecule has 2 aliphatic carbocycles. The van der Waals surface area contributed by atoms with Crippen LogP contribution in [-0.2, 0) is 4.74 Å². The lowest BCUT2D eigenvalue weighted by atomic mass is 9.51. The summed E-state index contributed by atoms with van der Waals surface area (Å²) >= 11 is 0. The van der Waals surface area contributed by atoms with Crippen LogP contribution in [0.5, 0.6) is 0 Å². The summed E-state index contributed by atoms with van der Waals surface area (Å²) in [6, 6.07) is 6.72. The number of aromatic nitrogens is 1. The lowest BCUT2D eigenvalue weighted by Gasteiger charge is -2.61. The minimum atomic E-state index is 0.380. The van der Waals surface area contributed by atoms with Gasteiger partial charge in [-0.05, 0) is 44.4 Å². The van der Waals surface area contributed by atoms with Crippen LogP contribution in [-0.4, -0.2) is 23.7 Å². The summed E-state index contributed by atoms with van der Waals surface area (Å²) in [4.78, 5) is 4.41. The van der Waals surface area contributed by atoms with Crippen LogP contribution < -0.4 is 5.32 Å². The van der Waals surface area contributed by atoms with Crippen LogP contribution in [0.1, 0.15) is 38.5 Å². The second-order valence-electron chi connectivity index (χ2n) is 6.38. The average molecular weight is 286 g/mol. The second kappa shape index (κ2) is 4.73. The highest BCUT2D eigenvalue weighted by molar-refractivity contribution is 5.77. The van der Waals surface area contributed by atoms with Crippen LogP contribution >= 0.6 is 0 Å². The van der Waals surface area contributed by atoms with Gasteiger partial charge in [0.25, 0.3) is 0 Å². The molecule has 1 aromatic heterocycles. The molecule has 2 saturated carbocycles. The Morgan fingerprint density at radius 3 is 3.00 bits per heavy atom. The molecule has 2 aliphatic rings. The van der Waals surface area contributed by atoms with Crippen molar-refractivity contribution in [3.8, 4) is 0 Å². The number of aryl methyl sites for hydroxylation is 1. The fourth-order valence-corrected chi connectivity index (χ4v) is 3.97. The molecule has 0 aliphatic heterocycles. The summed E-state index contributed by atoms with van der Waals surface area (Å²) in [5.74, 6) is 0.720. The number of nitrogens with one attached hydrogen (secondary N) is 1. The molecule has 0 amide bonds. The first-order valence-electron chi connectivity index (χ1n) is 7.96. The largest absolute Gasteiger partial charge is 0.441 e. The maximum Gasteiger partial charge on any atom is 0.192 e. The van der Waals surface area contributed by atoms with E-state index in [-0.39, 0.29) is 0 Å². The third kappa shape index (κ3) is 1.96. The molecular weight excluding hydrogens is 264 g/mol. The first-order valence-corrected chi connectivity index (χ1v) is 7.96. The van der Waals surface area contributed by atoms with E-state index in [0.29, 0.717) is 17.6 Å². The van der Waals surface area contributed by atoms with Crippen molar-refractivity contribution in [3.63, 3.8) is 0 Å². The SMILES string of the molecule is CCOC1CC(Nc2ccc3oc(C)nc3c2)C12CCC2. The van der Waals surface area contributed by atoms with E-state index in [2.05, 4.69) is 29.4 Å². The molecule has 4 nitrogen and oxygen atoms in total. The van der Waals surface area contributed by atoms with Crippen molar-refractivity contribution in [3.05, 3.63) is 24.1 Å². The van der Waals surface area contributed by atoms with Crippen molar-refractivity contribution in [2.75, 3.05) is 11.9 Å². The van der Waals surface area contributed by atoms with Crippen molar-refractivity contribution in [1.29, 1.82) is 0 Å². The average Bonchev–Trinajstić information content (AvgIpc) is 2.74. The van der Waals surface area contributed by atoms with E-state index in [0.717, 1.165) is 35.7 Å². The van der Waals surface area contributed by atoms with E-state index in [9.17, 15) is 0 Å². The number of rotatable bonds is 4. The highest BCUT2D eigenvalue weighted by atomic mass is 16.5. The minimum absolute atomic E-state index is 0.380. The van der Waals surface area contributed by atoms with Crippen molar-refractivity contribution in [2.45, 2.75) is 51.7 Å². The number of hydrogen-bond donors (Lipinski definition) is 1. The summed E-state index contributed by atoms with van der Waals surface area (Å²) < 4.78 is 11.4. The predicted octanol–water partition coefficient (Wildman–Crippen LogP) is 3.90. The van der Waals surface area contributed by atoms with Crippen LogP contribution in [0.15, 0.2) is 22.6 Å². The van der Waals surface area contributed by atoms with E-state index in [1.807, 2.05) is 13.0 Å². The standard InChI is InChI=1S/C17H22N2O2/c1-3-20-16-10-15(17(16)7-4-8-17)19-12-5-6-14-13(9-12)18-11(2)21-14/h5-6,9,15-16,19H,3-4,7-8,10H2,1-2H3. The minimum Gasteiger partial charge on any atom is -0.441 e. The van der Waals surface area contributed by atoms with Crippen molar-refractivity contribution in [2.24, 2.45) is 5.41 Å². The number of oxazole rings is 1.